The van der Waals surface area contributed by atoms with Gasteiger partial charge in [0.2, 0.25) is 0 Å². The maximum Gasteiger partial charge on any atom is 0.119 e. The third kappa shape index (κ3) is 4.47. The Morgan fingerprint density at radius 1 is 1.35 bits per heavy atom. The fraction of sp³-hybridized carbons (Fsp3) is 0.625. The van der Waals surface area contributed by atoms with E-state index in [0.29, 0.717) is 12.6 Å². The van der Waals surface area contributed by atoms with Crippen LogP contribution in [0.3, 0.4) is 0 Å². The summed E-state index contributed by atoms with van der Waals surface area (Å²) in [7, 11) is 1.77. The van der Waals surface area contributed by atoms with Crippen molar-refractivity contribution in [3.8, 4) is 5.75 Å². The van der Waals surface area contributed by atoms with Crippen LogP contribution in [0.4, 0.5) is 0 Å². The zero-order chi connectivity index (χ0) is 14.2. The topological polar surface area (TPSA) is 41.9 Å². The summed E-state index contributed by atoms with van der Waals surface area (Å²) in [5, 5.41) is 8.80. The van der Waals surface area contributed by atoms with Crippen LogP contribution in [0, 0.1) is 0 Å². The van der Waals surface area contributed by atoms with Crippen LogP contribution >= 0.6 is 0 Å². The van der Waals surface area contributed by atoms with Crippen LogP contribution in [0.5, 0.6) is 5.75 Å². The summed E-state index contributed by atoms with van der Waals surface area (Å²) in [4.78, 5) is 2.50. The van der Waals surface area contributed by atoms with Crippen LogP contribution in [0.1, 0.15) is 24.8 Å². The van der Waals surface area contributed by atoms with E-state index in [1.165, 1.54) is 24.8 Å². The van der Waals surface area contributed by atoms with Gasteiger partial charge in [-0.2, -0.15) is 0 Å². The van der Waals surface area contributed by atoms with E-state index in [9.17, 15) is 0 Å². The molecule has 1 atom stereocenters. The van der Waals surface area contributed by atoms with E-state index in [0.717, 1.165) is 25.4 Å². The van der Waals surface area contributed by atoms with Crippen LogP contribution in [-0.2, 0) is 11.3 Å². The van der Waals surface area contributed by atoms with Gasteiger partial charge in [0.1, 0.15) is 12.4 Å². The van der Waals surface area contributed by atoms with E-state index in [-0.39, 0.29) is 6.61 Å². The number of benzene rings is 1. The first kappa shape index (κ1) is 15.3. The van der Waals surface area contributed by atoms with E-state index in [1.54, 1.807) is 7.11 Å². The van der Waals surface area contributed by atoms with Gasteiger partial charge in [0.15, 0.2) is 0 Å². The lowest BCUT2D eigenvalue weighted by Gasteiger charge is -2.35. The Kier molecular flexibility index (Phi) is 6.30. The van der Waals surface area contributed by atoms with Crippen molar-refractivity contribution in [2.45, 2.75) is 31.8 Å². The molecule has 20 heavy (non-hydrogen) atoms. The molecule has 0 radical (unpaired) electrons. The van der Waals surface area contributed by atoms with Gasteiger partial charge in [0, 0.05) is 19.7 Å². The third-order valence-electron chi connectivity index (χ3n) is 3.75. The van der Waals surface area contributed by atoms with Gasteiger partial charge in [0.05, 0.1) is 13.2 Å². The number of likely N-dealkylation sites (tertiary alicyclic amines) is 1. The molecule has 4 nitrogen and oxygen atoms in total. The summed E-state index contributed by atoms with van der Waals surface area (Å²) in [6.45, 7) is 3.27. The Bertz CT molecular complexity index is 395. The number of aliphatic hydroxyl groups excluding tert-OH is 1. The molecule has 1 N–H and O–H groups in total. The minimum Gasteiger partial charge on any atom is -0.491 e. The molecule has 0 unspecified atom stereocenters. The summed E-state index contributed by atoms with van der Waals surface area (Å²) in [6, 6.07) is 8.66. The molecule has 1 aliphatic heterocycles. The van der Waals surface area contributed by atoms with Crippen molar-refractivity contribution >= 4 is 0 Å². The van der Waals surface area contributed by atoms with Crippen molar-refractivity contribution in [3.05, 3.63) is 29.8 Å². The molecule has 1 aliphatic rings. The molecule has 1 aromatic carbocycles. The second-order valence-corrected chi connectivity index (χ2v) is 5.29. The Morgan fingerprint density at radius 3 is 3.05 bits per heavy atom. The highest BCUT2D eigenvalue weighted by molar-refractivity contribution is 5.28. The molecule has 4 heteroatoms. The Labute approximate surface area is 121 Å². The van der Waals surface area contributed by atoms with Crippen LogP contribution in [0.15, 0.2) is 24.3 Å². The van der Waals surface area contributed by atoms with Gasteiger partial charge in [0.25, 0.3) is 0 Å². The minimum absolute atomic E-state index is 0.0479. The Balaban J connectivity index is 1.96. The highest BCUT2D eigenvalue weighted by Crippen LogP contribution is 2.21. The fourth-order valence-electron chi connectivity index (χ4n) is 2.78. The molecule has 1 fully saturated rings. The summed E-state index contributed by atoms with van der Waals surface area (Å²) in [5.41, 5.74) is 1.25. The average Bonchev–Trinajstić information content (AvgIpc) is 2.48. The largest absolute Gasteiger partial charge is 0.491 e. The van der Waals surface area contributed by atoms with Gasteiger partial charge in [-0.1, -0.05) is 18.6 Å². The van der Waals surface area contributed by atoms with Gasteiger partial charge < -0.3 is 14.6 Å². The van der Waals surface area contributed by atoms with Crippen molar-refractivity contribution in [1.29, 1.82) is 0 Å². The molecular formula is C16H25NO3. The number of piperidine rings is 1. The Morgan fingerprint density at radius 2 is 2.25 bits per heavy atom. The molecule has 0 saturated carbocycles. The molecule has 0 spiro atoms. The second kappa shape index (κ2) is 8.25. The van der Waals surface area contributed by atoms with E-state index in [4.69, 9.17) is 14.6 Å². The molecule has 1 saturated heterocycles. The fourth-order valence-corrected chi connectivity index (χ4v) is 2.78. The monoisotopic (exact) mass is 279 g/mol. The molecular weight excluding hydrogens is 254 g/mol. The standard InChI is InChI=1S/C16H25NO3/c1-19-13-15-6-2-3-8-17(15)12-14-5-4-7-16(11-14)20-10-9-18/h4-5,7,11,15,18H,2-3,6,8-10,12-13H2,1H3/t15-/m0/s1. The molecule has 0 aliphatic carbocycles. The van der Waals surface area contributed by atoms with Crippen LogP contribution in [0.2, 0.25) is 0 Å². The zero-order valence-electron chi connectivity index (χ0n) is 12.3. The van der Waals surface area contributed by atoms with Crippen molar-refractivity contribution in [2.24, 2.45) is 0 Å². The predicted octanol–water partition coefficient (Wildman–Crippen LogP) is 2.06. The maximum atomic E-state index is 8.80. The maximum absolute atomic E-state index is 8.80. The lowest BCUT2D eigenvalue weighted by Crippen LogP contribution is -2.41. The van der Waals surface area contributed by atoms with E-state index >= 15 is 0 Å². The van der Waals surface area contributed by atoms with Crippen molar-refractivity contribution < 1.29 is 14.6 Å². The smallest absolute Gasteiger partial charge is 0.119 e. The lowest BCUT2D eigenvalue weighted by molar-refractivity contribution is 0.0600. The van der Waals surface area contributed by atoms with Crippen molar-refractivity contribution in [1.82, 2.24) is 4.90 Å². The normalized spacial score (nSPS) is 20.0. The lowest BCUT2D eigenvalue weighted by atomic mass is 10.0. The number of nitrogens with zero attached hydrogens (tertiary/aromatic N) is 1. The number of hydrogen-bond donors (Lipinski definition) is 1. The summed E-state index contributed by atoms with van der Waals surface area (Å²) in [5.74, 6) is 0.830. The van der Waals surface area contributed by atoms with Crippen molar-refractivity contribution in [3.63, 3.8) is 0 Å². The molecule has 0 aromatic heterocycles. The first-order valence-electron chi connectivity index (χ1n) is 7.39. The minimum atomic E-state index is 0.0479. The highest BCUT2D eigenvalue weighted by Gasteiger charge is 2.22. The number of methoxy groups -OCH3 is 1. The van der Waals surface area contributed by atoms with Gasteiger partial charge in [-0.25, -0.2) is 0 Å². The van der Waals surface area contributed by atoms with Gasteiger partial charge in [-0.15, -0.1) is 0 Å². The van der Waals surface area contributed by atoms with Gasteiger partial charge in [-0.3, -0.25) is 4.90 Å². The first-order valence-corrected chi connectivity index (χ1v) is 7.39. The Hall–Kier alpha value is -1.10. The second-order valence-electron chi connectivity index (χ2n) is 5.29. The van der Waals surface area contributed by atoms with Gasteiger partial charge in [-0.05, 0) is 37.1 Å². The predicted molar refractivity (Wildman–Crippen MR) is 78.9 cm³/mol. The van der Waals surface area contributed by atoms with E-state index in [1.807, 2.05) is 12.1 Å². The quantitative estimate of drug-likeness (QED) is 0.829. The average molecular weight is 279 g/mol. The summed E-state index contributed by atoms with van der Waals surface area (Å²) >= 11 is 0. The van der Waals surface area contributed by atoms with E-state index < -0.39 is 0 Å². The molecule has 0 amide bonds. The number of hydrogen-bond acceptors (Lipinski definition) is 4. The molecule has 2 rings (SSSR count). The first-order chi connectivity index (χ1) is 9.83. The van der Waals surface area contributed by atoms with Crippen LogP contribution in [0.25, 0.3) is 0 Å². The number of aliphatic hydroxyl groups is 1. The molecule has 1 heterocycles. The molecule has 112 valence electrons. The third-order valence-corrected chi connectivity index (χ3v) is 3.75. The summed E-state index contributed by atoms with van der Waals surface area (Å²) < 4.78 is 10.8. The molecule has 1 aromatic rings. The van der Waals surface area contributed by atoms with Crippen LogP contribution in [-0.4, -0.2) is 49.5 Å². The molecule has 0 bridgehead atoms. The highest BCUT2D eigenvalue weighted by atomic mass is 16.5. The van der Waals surface area contributed by atoms with E-state index in [2.05, 4.69) is 17.0 Å². The van der Waals surface area contributed by atoms with Crippen LogP contribution < -0.4 is 4.74 Å². The number of rotatable bonds is 7. The zero-order valence-corrected chi connectivity index (χ0v) is 12.3. The number of ether oxygens (including phenoxy) is 2. The van der Waals surface area contributed by atoms with Gasteiger partial charge >= 0.3 is 0 Å². The summed E-state index contributed by atoms with van der Waals surface area (Å²) in [6.07, 6.45) is 3.78. The SMILES string of the molecule is COC[C@@H]1CCCCN1Cc1cccc(OCCO)c1. The van der Waals surface area contributed by atoms with Crippen molar-refractivity contribution in [2.75, 3.05) is 33.5 Å².